The fourth-order valence-electron chi connectivity index (χ4n) is 1.31. The third kappa shape index (κ3) is 3.42. The van der Waals surface area contributed by atoms with E-state index in [2.05, 4.69) is 27.0 Å². The average Bonchev–Trinajstić information content (AvgIpc) is 2.35. The second-order valence-electron chi connectivity index (χ2n) is 3.27. The van der Waals surface area contributed by atoms with Crippen LogP contribution in [0.2, 0.25) is 0 Å². The van der Waals surface area contributed by atoms with Crippen molar-refractivity contribution in [2.45, 2.75) is 0 Å². The summed E-state index contributed by atoms with van der Waals surface area (Å²) in [4.78, 5) is 22.9. The lowest BCUT2D eigenvalue weighted by molar-refractivity contribution is 0.0599. The van der Waals surface area contributed by atoms with Crippen molar-refractivity contribution in [2.75, 3.05) is 19.5 Å². The Morgan fingerprint density at radius 3 is 1.89 bits per heavy atom. The summed E-state index contributed by atoms with van der Waals surface area (Å²) >= 11 is 4.69. The fourth-order valence-corrected chi connectivity index (χ4v) is 1.43. The van der Waals surface area contributed by atoms with E-state index in [9.17, 15) is 9.59 Å². The van der Waals surface area contributed by atoms with Crippen molar-refractivity contribution in [2.24, 2.45) is 5.73 Å². The third-order valence-electron chi connectivity index (χ3n) is 2.04. The first-order chi connectivity index (χ1) is 8.47. The van der Waals surface area contributed by atoms with Gasteiger partial charge in [0.25, 0.3) is 0 Å². The van der Waals surface area contributed by atoms with Gasteiger partial charge in [-0.25, -0.2) is 9.59 Å². The molecule has 0 fully saturated rings. The minimum atomic E-state index is -0.577. The van der Waals surface area contributed by atoms with Crippen LogP contribution in [0.4, 0.5) is 5.69 Å². The number of nitrogens with two attached hydrogens (primary N) is 1. The molecule has 1 rings (SSSR count). The molecule has 0 radical (unpaired) electrons. The van der Waals surface area contributed by atoms with Crippen LogP contribution < -0.4 is 11.1 Å². The van der Waals surface area contributed by atoms with E-state index in [1.165, 1.54) is 32.4 Å². The number of rotatable bonds is 3. The molecule has 0 aliphatic heterocycles. The Bertz CT molecular complexity index is 468. The van der Waals surface area contributed by atoms with Gasteiger partial charge in [-0.05, 0) is 30.4 Å². The number of ether oxygens (including phenoxy) is 2. The van der Waals surface area contributed by atoms with Crippen LogP contribution in [0.15, 0.2) is 18.2 Å². The molecule has 0 heterocycles. The largest absolute Gasteiger partial charge is 0.465 e. The standard InChI is InChI=1S/C11H12N2O4S/c1-16-9(14)6-3-7(10(15)17-2)5-8(4-6)13-11(12)18/h3-5H,1-2H3,(H3,12,13,18). The van der Waals surface area contributed by atoms with E-state index >= 15 is 0 Å². The lowest BCUT2D eigenvalue weighted by Gasteiger charge is -2.08. The van der Waals surface area contributed by atoms with Gasteiger partial charge in [-0.15, -0.1) is 0 Å². The molecule has 1 aromatic rings. The van der Waals surface area contributed by atoms with E-state index in [1.54, 1.807) is 0 Å². The van der Waals surface area contributed by atoms with E-state index < -0.39 is 11.9 Å². The number of benzene rings is 1. The molecule has 0 bridgehead atoms. The second-order valence-corrected chi connectivity index (χ2v) is 3.71. The van der Waals surface area contributed by atoms with Crippen LogP contribution in [0, 0.1) is 0 Å². The Morgan fingerprint density at radius 2 is 1.56 bits per heavy atom. The van der Waals surface area contributed by atoms with Crippen molar-refractivity contribution in [3.05, 3.63) is 29.3 Å². The number of nitrogens with one attached hydrogen (secondary N) is 1. The highest BCUT2D eigenvalue weighted by Crippen LogP contribution is 2.16. The van der Waals surface area contributed by atoms with Crippen LogP contribution >= 0.6 is 12.2 Å². The first-order valence-electron chi connectivity index (χ1n) is 4.86. The van der Waals surface area contributed by atoms with E-state index in [1.807, 2.05) is 0 Å². The van der Waals surface area contributed by atoms with Crippen molar-refractivity contribution in [1.29, 1.82) is 0 Å². The molecule has 7 heteroatoms. The lowest BCUT2D eigenvalue weighted by atomic mass is 10.1. The van der Waals surface area contributed by atoms with Gasteiger partial charge in [-0.3, -0.25) is 0 Å². The number of anilines is 1. The summed E-state index contributed by atoms with van der Waals surface area (Å²) in [5.41, 5.74) is 6.13. The zero-order chi connectivity index (χ0) is 13.7. The predicted octanol–water partition coefficient (Wildman–Crippen LogP) is 0.915. The van der Waals surface area contributed by atoms with Gasteiger partial charge >= 0.3 is 11.9 Å². The van der Waals surface area contributed by atoms with Gasteiger partial charge in [0.1, 0.15) is 0 Å². The van der Waals surface area contributed by atoms with Crippen molar-refractivity contribution >= 4 is 35.0 Å². The number of esters is 2. The summed E-state index contributed by atoms with van der Waals surface area (Å²) in [6, 6.07) is 4.30. The van der Waals surface area contributed by atoms with Gasteiger partial charge in [0, 0.05) is 5.69 Å². The summed E-state index contributed by atoms with van der Waals surface area (Å²) in [6.07, 6.45) is 0. The summed E-state index contributed by atoms with van der Waals surface area (Å²) in [6.45, 7) is 0. The molecule has 18 heavy (non-hydrogen) atoms. The van der Waals surface area contributed by atoms with Gasteiger partial charge in [0.05, 0.1) is 25.3 Å². The number of hydrogen-bond donors (Lipinski definition) is 2. The van der Waals surface area contributed by atoms with Gasteiger partial charge < -0.3 is 20.5 Å². The van der Waals surface area contributed by atoms with Crippen LogP contribution in [-0.4, -0.2) is 31.3 Å². The molecule has 0 saturated carbocycles. The van der Waals surface area contributed by atoms with Crippen LogP contribution in [0.5, 0.6) is 0 Å². The molecule has 6 nitrogen and oxygen atoms in total. The minimum Gasteiger partial charge on any atom is -0.465 e. The molecule has 96 valence electrons. The van der Waals surface area contributed by atoms with E-state index in [4.69, 9.17) is 5.73 Å². The Morgan fingerprint density at radius 1 is 1.11 bits per heavy atom. The molecule has 3 N–H and O–H groups in total. The first-order valence-corrected chi connectivity index (χ1v) is 5.27. The molecule has 0 spiro atoms. The Hall–Kier alpha value is -2.15. The monoisotopic (exact) mass is 268 g/mol. The van der Waals surface area contributed by atoms with Gasteiger partial charge in [0.2, 0.25) is 0 Å². The van der Waals surface area contributed by atoms with Crippen LogP contribution in [-0.2, 0) is 9.47 Å². The molecule has 0 atom stereocenters. The number of methoxy groups -OCH3 is 2. The van der Waals surface area contributed by atoms with Gasteiger partial charge in [0.15, 0.2) is 5.11 Å². The van der Waals surface area contributed by atoms with E-state index in [0.717, 1.165) is 0 Å². The molecule has 0 saturated heterocycles. The van der Waals surface area contributed by atoms with Crippen molar-refractivity contribution in [1.82, 2.24) is 0 Å². The maximum Gasteiger partial charge on any atom is 0.337 e. The number of thiocarbonyl (C=S) groups is 1. The zero-order valence-corrected chi connectivity index (χ0v) is 10.7. The maximum atomic E-state index is 11.4. The fraction of sp³-hybridized carbons (Fsp3) is 0.182. The second kappa shape index (κ2) is 5.97. The molecule has 1 aromatic carbocycles. The normalized spacial score (nSPS) is 9.44. The summed E-state index contributed by atoms with van der Waals surface area (Å²) in [5, 5.41) is 2.66. The van der Waals surface area contributed by atoms with Crippen LogP contribution in [0.25, 0.3) is 0 Å². The summed E-state index contributed by atoms with van der Waals surface area (Å²) < 4.78 is 9.16. The highest BCUT2D eigenvalue weighted by molar-refractivity contribution is 7.80. The molecule has 0 aliphatic rings. The van der Waals surface area contributed by atoms with Crippen LogP contribution in [0.1, 0.15) is 20.7 Å². The molecular formula is C11H12N2O4S. The Kier molecular flexibility index (Phi) is 4.61. The quantitative estimate of drug-likeness (QED) is 0.622. The Balaban J connectivity index is 3.23. The molecule has 0 amide bonds. The number of hydrogen-bond acceptors (Lipinski definition) is 5. The van der Waals surface area contributed by atoms with Crippen molar-refractivity contribution < 1.29 is 19.1 Å². The maximum absolute atomic E-state index is 11.4. The van der Waals surface area contributed by atoms with E-state index in [-0.39, 0.29) is 16.2 Å². The molecule has 0 aliphatic carbocycles. The molecular weight excluding hydrogens is 256 g/mol. The molecule has 0 aromatic heterocycles. The zero-order valence-electron chi connectivity index (χ0n) is 9.85. The smallest absolute Gasteiger partial charge is 0.337 e. The van der Waals surface area contributed by atoms with E-state index in [0.29, 0.717) is 5.69 Å². The highest BCUT2D eigenvalue weighted by Gasteiger charge is 2.13. The topological polar surface area (TPSA) is 90.6 Å². The predicted molar refractivity (Wildman–Crippen MR) is 69.5 cm³/mol. The third-order valence-corrected chi connectivity index (χ3v) is 2.14. The highest BCUT2D eigenvalue weighted by atomic mass is 32.1. The SMILES string of the molecule is COC(=O)c1cc(NC(N)=S)cc(C(=O)OC)c1. The average molecular weight is 268 g/mol. The van der Waals surface area contributed by atoms with Crippen molar-refractivity contribution in [3.8, 4) is 0 Å². The first kappa shape index (κ1) is 13.9. The lowest BCUT2D eigenvalue weighted by Crippen LogP contribution is -2.19. The van der Waals surface area contributed by atoms with Crippen LogP contribution in [0.3, 0.4) is 0 Å². The Labute approximate surface area is 109 Å². The number of carbonyl (C=O) groups is 2. The molecule has 0 unspecified atom stereocenters. The minimum absolute atomic E-state index is 0.0211. The summed E-state index contributed by atoms with van der Waals surface area (Å²) in [7, 11) is 2.49. The summed E-state index contributed by atoms with van der Waals surface area (Å²) in [5.74, 6) is -1.15. The van der Waals surface area contributed by atoms with Crippen molar-refractivity contribution in [3.63, 3.8) is 0 Å². The number of carbonyl (C=O) groups excluding carboxylic acids is 2. The van der Waals surface area contributed by atoms with Gasteiger partial charge in [-0.2, -0.15) is 0 Å². The van der Waals surface area contributed by atoms with Gasteiger partial charge in [-0.1, -0.05) is 0 Å².